The third kappa shape index (κ3) is 2.70. The van der Waals surface area contributed by atoms with Gasteiger partial charge in [-0.3, -0.25) is 9.59 Å². The summed E-state index contributed by atoms with van der Waals surface area (Å²) in [5, 5.41) is 5.21. The molecule has 5 nitrogen and oxygen atoms in total. The SMILES string of the molecule is CC(=O)Nc1cc(NC(=O)C2C3CCC(C3)C2N)ccc1F. The van der Waals surface area contributed by atoms with E-state index >= 15 is 0 Å². The fraction of sp³-hybridized carbons (Fsp3) is 0.500. The van der Waals surface area contributed by atoms with Crippen molar-refractivity contribution < 1.29 is 14.0 Å². The van der Waals surface area contributed by atoms with Crippen LogP contribution in [0.1, 0.15) is 26.2 Å². The zero-order chi connectivity index (χ0) is 15.9. The fourth-order valence-corrected chi connectivity index (χ4v) is 3.84. The summed E-state index contributed by atoms with van der Waals surface area (Å²) in [6.45, 7) is 1.30. The summed E-state index contributed by atoms with van der Waals surface area (Å²) in [6.07, 6.45) is 3.19. The molecule has 0 heterocycles. The standard InChI is InChI=1S/C16H20FN3O2/c1-8(21)19-13-7-11(4-5-12(13)17)20-16(22)14-9-2-3-10(6-9)15(14)18/h4-5,7,9-10,14-15H,2-3,6,18H2,1H3,(H,19,21)(H,20,22). The molecule has 0 spiro atoms. The average molecular weight is 305 g/mol. The first-order valence-corrected chi connectivity index (χ1v) is 7.59. The molecule has 0 radical (unpaired) electrons. The lowest BCUT2D eigenvalue weighted by atomic mass is 9.84. The highest BCUT2D eigenvalue weighted by Crippen LogP contribution is 2.47. The van der Waals surface area contributed by atoms with Crippen LogP contribution < -0.4 is 16.4 Å². The van der Waals surface area contributed by atoms with Crippen LogP contribution in [0.15, 0.2) is 18.2 Å². The van der Waals surface area contributed by atoms with E-state index in [9.17, 15) is 14.0 Å². The molecule has 2 fully saturated rings. The minimum Gasteiger partial charge on any atom is -0.327 e. The van der Waals surface area contributed by atoms with Gasteiger partial charge < -0.3 is 16.4 Å². The highest BCUT2D eigenvalue weighted by molar-refractivity contribution is 5.95. The van der Waals surface area contributed by atoms with Crippen molar-refractivity contribution in [3.05, 3.63) is 24.0 Å². The Labute approximate surface area is 128 Å². The minimum absolute atomic E-state index is 0.0579. The van der Waals surface area contributed by atoms with Crippen molar-refractivity contribution in [3.63, 3.8) is 0 Å². The largest absolute Gasteiger partial charge is 0.327 e. The van der Waals surface area contributed by atoms with Crippen LogP contribution in [-0.4, -0.2) is 17.9 Å². The number of carbonyl (C=O) groups is 2. The second-order valence-corrected chi connectivity index (χ2v) is 6.30. The number of nitrogens with one attached hydrogen (secondary N) is 2. The number of carbonyl (C=O) groups excluding carboxylic acids is 2. The van der Waals surface area contributed by atoms with E-state index in [4.69, 9.17) is 5.73 Å². The Morgan fingerprint density at radius 3 is 2.59 bits per heavy atom. The van der Waals surface area contributed by atoms with Gasteiger partial charge in [-0.05, 0) is 49.3 Å². The molecule has 4 atom stereocenters. The number of hydrogen-bond acceptors (Lipinski definition) is 3. The van der Waals surface area contributed by atoms with Crippen LogP contribution in [0.2, 0.25) is 0 Å². The summed E-state index contributed by atoms with van der Waals surface area (Å²) in [5.74, 6) is -0.380. The first-order valence-electron chi connectivity index (χ1n) is 7.59. The van der Waals surface area contributed by atoms with Crippen LogP contribution in [0.4, 0.5) is 15.8 Å². The molecule has 22 heavy (non-hydrogen) atoms. The highest BCUT2D eigenvalue weighted by Gasteiger charge is 2.49. The smallest absolute Gasteiger partial charge is 0.229 e. The van der Waals surface area contributed by atoms with E-state index in [2.05, 4.69) is 10.6 Å². The molecule has 0 aliphatic heterocycles. The zero-order valence-corrected chi connectivity index (χ0v) is 12.4. The molecule has 2 amide bonds. The van der Waals surface area contributed by atoms with E-state index in [1.54, 1.807) is 0 Å². The van der Waals surface area contributed by atoms with Gasteiger partial charge >= 0.3 is 0 Å². The summed E-state index contributed by atoms with van der Waals surface area (Å²) < 4.78 is 13.6. The maximum Gasteiger partial charge on any atom is 0.229 e. The number of anilines is 2. The molecule has 3 rings (SSSR count). The third-order valence-corrected chi connectivity index (χ3v) is 4.83. The van der Waals surface area contributed by atoms with Crippen LogP contribution in [0.5, 0.6) is 0 Å². The van der Waals surface area contributed by atoms with Crippen molar-refractivity contribution in [1.82, 2.24) is 0 Å². The van der Waals surface area contributed by atoms with Crippen molar-refractivity contribution in [2.45, 2.75) is 32.2 Å². The van der Waals surface area contributed by atoms with Crippen LogP contribution in [-0.2, 0) is 9.59 Å². The van der Waals surface area contributed by atoms with Gasteiger partial charge in [0.05, 0.1) is 11.6 Å². The van der Waals surface area contributed by atoms with E-state index in [1.807, 2.05) is 0 Å². The maximum absolute atomic E-state index is 13.6. The second kappa shape index (κ2) is 5.68. The number of amides is 2. The normalized spacial score (nSPS) is 29.4. The monoisotopic (exact) mass is 305 g/mol. The minimum atomic E-state index is -0.537. The van der Waals surface area contributed by atoms with Crippen LogP contribution in [0, 0.1) is 23.6 Å². The van der Waals surface area contributed by atoms with Gasteiger partial charge in [-0.25, -0.2) is 4.39 Å². The van der Waals surface area contributed by atoms with Gasteiger partial charge in [-0.1, -0.05) is 0 Å². The number of benzene rings is 1. The molecule has 1 aromatic rings. The maximum atomic E-state index is 13.6. The van der Waals surface area contributed by atoms with E-state index in [0.29, 0.717) is 17.5 Å². The predicted molar refractivity (Wildman–Crippen MR) is 81.6 cm³/mol. The molecular formula is C16H20FN3O2. The number of halogens is 1. The molecule has 6 heteroatoms. The summed E-state index contributed by atoms with van der Waals surface area (Å²) in [5.41, 5.74) is 6.68. The Morgan fingerprint density at radius 1 is 1.23 bits per heavy atom. The molecule has 2 aliphatic rings. The number of nitrogens with two attached hydrogens (primary N) is 1. The van der Waals surface area contributed by atoms with Crippen molar-refractivity contribution in [2.24, 2.45) is 23.5 Å². The summed E-state index contributed by atoms with van der Waals surface area (Å²) in [6, 6.07) is 4.04. The van der Waals surface area contributed by atoms with Gasteiger partial charge in [0.1, 0.15) is 5.82 Å². The van der Waals surface area contributed by atoms with E-state index < -0.39 is 5.82 Å². The number of fused-ring (bicyclic) bond motifs is 2. The lowest BCUT2D eigenvalue weighted by Gasteiger charge is -2.27. The number of rotatable bonds is 3. The molecule has 4 N–H and O–H groups in total. The lowest BCUT2D eigenvalue weighted by molar-refractivity contribution is -0.121. The Kier molecular flexibility index (Phi) is 3.87. The second-order valence-electron chi connectivity index (χ2n) is 6.30. The van der Waals surface area contributed by atoms with E-state index in [1.165, 1.54) is 25.1 Å². The average Bonchev–Trinajstić information content (AvgIpc) is 3.02. The van der Waals surface area contributed by atoms with Gasteiger partial charge in [-0.2, -0.15) is 0 Å². The van der Waals surface area contributed by atoms with Gasteiger partial charge in [0, 0.05) is 18.7 Å². The van der Waals surface area contributed by atoms with Crippen molar-refractivity contribution in [2.75, 3.05) is 10.6 Å². The van der Waals surface area contributed by atoms with Crippen molar-refractivity contribution >= 4 is 23.2 Å². The zero-order valence-electron chi connectivity index (χ0n) is 12.4. The van der Waals surface area contributed by atoms with Gasteiger partial charge in [0.15, 0.2) is 0 Å². The van der Waals surface area contributed by atoms with Crippen molar-refractivity contribution in [1.29, 1.82) is 0 Å². The third-order valence-electron chi connectivity index (χ3n) is 4.83. The quantitative estimate of drug-likeness (QED) is 0.799. The first kappa shape index (κ1) is 15.0. The molecule has 2 saturated carbocycles. The highest BCUT2D eigenvalue weighted by atomic mass is 19.1. The summed E-state index contributed by atoms with van der Waals surface area (Å²) in [4.78, 5) is 23.5. The van der Waals surface area contributed by atoms with Gasteiger partial charge in [0.25, 0.3) is 0 Å². The summed E-state index contributed by atoms with van der Waals surface area (Å²) in [7, 11) is 0. The first-order chi connectivity index (χ1) is 10.5. The topological polar surface area (TPSA) is 84.2 Å². The van der Waals surface area contributed by atoms with Gasteiger partial charge in [-0.15, -0.1) is 0 Å². The molecule has 1 aromatic carbocycles. The molecule has 118 valence electrons. The fourth-order valence-electron chi connectivity index (χ4n) is 3.84. The van der Waals surface area contributed by atoms with E-state index in [0.717, 1.165) is 19.3 Å². The number of hydrogen-bond donors (Lipinski definition) is 3. The lowest BCUT2D eigenvalue weighted by Crippen LogP contribution is -2.42. The Bertz CT molecular complexity index is 617. The Balaban J connectivity index is 1.73. The molecule has 2 aliphatic carbocycles. The van der Waals surface area contributed by atoms with Crippen LogP contribution >= 0.6 is 0 Å². The van der Waals surface area contributed by atoms with Gasteiger partial charge in [0.2, 0.25) is 11.8 Å². The van der Waals surface area contributed by atoms with Crippen LogP contribution in [0.3, 0.4) is 0 Å². The summed E-state index contributed by atoms with van der Waals surface area (Å²) >= 11 is 0. The van der Waals surface area contributed by atoms with Crippen molar-refractivity contribution in [3.8, 4) is 0 Å². The van der Waals surface area contributed by atoms with Crippen LogP contribution in [0.25, 0.3) is 0 Å². The molecule has 0 saturated heterocycles. The Morgan fingerprint density at radius 2 is 1.95 bits per heavy atom. The van der Waals surface area contributed by atoms with E-state index in [-0.39, 0.29) is 29.5 Å². The molecule has 2 bridgehead atoms. The molecule has 4 unspecified atom stereocenters. The predicted octanol–water partition coefficient (Wildman–Crippen LogP) is 2.10. The molecular weight excluding hydrogens is 285 g/mol. The molecule has 0 aromatic heterocycles. The Hall–Kier alpha value is -1.95.